The smallest absolute Gasteiger partial charge is 0.232 e. The third kappa shape index (κ3) is 1.35. The second-order valence-corrected chi connectivity index (χ2v) is 4.93. The molecule has 2 atom stereocenters. The molecule has 1 amide bonds. The van der Waals surface area contributed by atoms with Crippen LogP contribution >= 0.6 is 11.8 Å². The van der Waals surface area contributed by atoms with Gasteiger partial charge in [-0.25, -0.2) is 0 Å². The van der Waals surface area contributed by atoms with Gasteiger partial charge in [0.25, 0.3) is 0 Å². The van der Waals surface area contributed by atoms with E-state index >= 15 is 0 Å². The van der Waals surface area contributed by atoms with Gasteiger partial charge in [0.2, 0.25) is 5.91 Å². The minimum atomic E-state index is 0.322. The molecule has 0 bridgehead atoms. The molecule has 1 aliphatic carbocycles. The molecule has 0 aromatic rings. The van der Waals surface area contributed by atoms with Crippen LogP contribution in [0.3, 0.4) is 0 Å². The van der Waals surface area contributed by atoms with Crippen molar-refractivity contribution in [3.8, 4) is 0 Å². The molecule has 2 fully saturated rings. The van der Waals surface area contributed by atoms with E-state index in [9.17, 15) is 4.79 Å². The molecule has 1 heterocycles. The minimum absolute atomic E-state index is 0.322. The summed E-state index contributed by atoms with van der Waals surface area (Å²) in [5, 5.41) is 0.737. The van der Waals surface area contributed by atoms with Gasteiger partial charge in [-0.2, -0.15) is 0 Å². The van der Waals surface area contributed by atoms with Crippen LogP contribution in [0.25, 0.3) is 0 Å². The lowest BCUT2D eigenvalue weighted by Crippen LogP contribution is -2.49. The number of rotatable bonds is 0. The summed E-state index contributed by atoms with van der Waals surface area (Å²) in [5.74, 6) is 1.03. The first-order valence-electron chi connectivity index (χ1n) is 4.66. The Morgan fingerprint density at radius 2 is 2.17 bits per heavy atom. The molecule has 0 aromatic carbocycles. The zero-order valence-corrected chi connectivity index (χ0v) is 8.27. The van der Waals surface area contributed by atoms with Crippen molar-refractivity contribution in [2.75, 3.05) is 12.8 Å². The first kappa shape index (κ1) is 8.42. The third-order valence-electron chi connectivity index (χ3n) is 2.98. The number of amides is 1. The number of carbonyl (C=O) groups excluding carboxylic acids is 1. The lowest BCUT2D eigenvalue weighted by molar-refractivity contribution is -0.130. The van der Waals surface area contributed by atoms with Gasteiger partial charge in [-0.15, -0.1) is 11.8 Å². The predicted octanol–water partition coefficient (Wildman–Crippen LogP) is 1.50. The number of nitrogens with zero attached hydrogens (tertiary/aromatic N) is 1. The van der Waals surface area contributed by atoms with Gasteiger partial charge >= 0.3 is 0 Å². The first-order chi connectivity index (χ1) is 5.79. The highest BCUT2D eigenvalue weighted by molar-refractivity contribution is 8.00. The number of thioether (sulfide) groups is 1. The number of hydrogen-bond donors (Lipinski definition) is 0. The van der Waals surface area contributed by atoms with E-state index < -0.39 is 0 Å². The fourth-order valence-corrected chi connectivity index (χ4v) is 3.61. The highest BCUT2D eigenvalue weighted by Crippen LogP contribution is 2.34. The molecule has 0 radical (unpaired) electrons. The molecular weight excluding hydrogens is 170 g/mol. The Bertz CT molecular complexity index is 195. The molecular formula is C9H15NOS. The van der Waals surface area contributed by atoms with Crippen LogP contribution in [0, 0.1) is 0 Å². The van der Waals surface area contributed by atoms with E-state index in [4.69, 9.17) is 0 Å². The summed E-state index contributed by atoms with van der Waals surface area (Å²) in [6.07, 6.45) is 5.20. The van der Waals surface area contributed by atoms with E-state index in [-0.39, 0.29) is 0 Å². The minimum Gasteiger partial charge on any atom is -0.341 e. The summed E-state index contributed by atoms with van der Waals surface area (Å²) in [6, 6.07) is 0.546. The standard InChI is InChI=1S/C9H15NOS/c1-10-7-4-2-3-5-8(7)12-6-9(10)11/h7-8H,2-6H2,1H3. The summed E-state index contributed by atoms with van der Waals surface area (Å²) in [7, 11) is 1.96. The van der Waals surface area contributed by atoms with Crippen LogP contribution in [0.4, 0.5) is 0 Å². The first-order valence-corrected chi connectivity index (χ1v) is 5.71. The highest BCUT2D eigenvalue weighted by atomic mass is 32.2. The van der Waals surface area contributed by atoms with Gasteiger partial charge < -0.3 is 4.90 Å². The fraction of sp³-hybridized carbons (Fsp3) is 0.889. The predicted molar refractivity (Wildman–Crippen MR) is 51.3 cm³/mol. The average Bonchev–Trinajstić information content (AvgIpc) is 2.12. The Balaban J connectivity index is 2.08. The lowest BCUT2D eigenvalue weighted by Gasteiger charge is -2.41. The summed E-state index contributed by atoms with van der Waals surface area (Å²) in [4.78, 5) is 13.3. The maximum Gasteiger partial charge on any atom is 0.232 e. The molecule has 1 saturated heterocycles. The molecule has 1 aliphatic heterocycles. The van der Waals surface area contributed by atoms with Crippen molar-refractivity contribution in [3.63, 3.8) is 0 Å². The summed E-state index contributed by atoms with van der Waals surface area (Å²) >= 11 is 1.87. The van der Waals surface area contributed by atoms with Crippen molar-refractivity contribution >= 4 is 17.7 Å². The normalized spacial score (nSPS) is 36.4. The molecule has 0 spiro atoms. The molecule has 1 saturated carbocycles. The Hall–Kier alpha value is -0.180. The molecule has 0 N–H and O–H groups in total. The van der Waals surface area contributed by atoms with Crippen molar-refractivity contribution in [1.82, 2.24) is 4.90 Å². The SMILES string of the molecule is CN1C(=O)CSC2CCCCC21. The Kier molecular flexibility index (Phi) is 2.31. The van der Waals surface area contributed by atoms with Crippen LogP contribution in [0.15, 0.2) is 0 Å². The zero-order valence-electron chi connectivity index (χ0n) is 7.45. The maximum atomic E-state index is 11.4. The van der Waals surface area contributed by atoms with E-state index in [2.05, 4.69) is 0 Å². The number of fused-ring (bicyclic) bond motifs is 1. The van der Waals surface area contributed by atoms with Crippen molar-refractivity contribution in [1.29, 1.82) is 0 Å². The van der Waals surface area contributed by atoms with E-state index in [0.29, 0.717) is 17.7 Å². The van der Waals surface area contributed by atoms with Gasteiger partial charge in [0, 0.05) is 18.3 Å². The largest absolute Gasteiger partial charge is 0.341 e. The van der Waals surface area contributed by atoms with Crippen molar-refractivity contribution in [3.05, 3.63) is 0 Å². The maximum absolute atomic E-state index is 11.4. The monoisotopic (exact) mass is 185 g/mol. The van der Waals surface area contributed by atoms with E-state index in [0.717, 1.165) is 5.25 Å². The molecule has 2 unspecified atom stereocenters. The van der Waals surface area contributed by atoms with E-state index in [1.807, 2.05) is 23.7 Å². The topological polar surface area (TPSA) is 20.3 Å². The van der Waals surface area contributed by atoms with Gasteiger partial charge in [-0.1, -0.05) is 12.8 Å². The number of carbonyl (C=O) groups is 1. The molecule has 0 aromatic heterocycles. The van der Waals surface area contributed by atoms with Crippen molar-refractivity contribution < 1.29 is 4.79 Å². The Morgan fingerprint density at radius 3 is 3.00 bits per heavy atom. The van der Waals surface area contributed by atoms with Gasteiger partial charge in [0.15, 0.2) is 0 Å². The van der Waals surface area contributed by atoms with Gasteiger partial charge in [-0.3, -0.25) is 4.79 Å². The highest BCUT2D eigenvalue weighted by Gasteiger charge is 2.35. The Morgan fingerprint density at radius 1 is 1.42 bits per heavy atom. The van der Waals surface area contributed by atoms with Gasteiger partial charge in [-0.05, 0) is 12.8 Å². The fourth-order valence-electron chi connectivity index (χ4n) is 2.18. The van der Waals surface area contributed by atoms with Crippen LogP contribution < -0.4 is 0 Å². The van der Waals surface area contributed by atoms with Crippen LogP contribution in [-0.2, 0) is 4.79 Å². The van der Waals surface area contributed by atoms with Gasteiger partial charge in [0.05, 0.1) is 5.75 Å². The molecule has 12 heavy (non-hydrogen) atoms. The van der Waals surface area contributed by atoms with Crippen LogP contribution in [-0.4, -0.2) is 34.9 Å². The summed E-state index contributed by atoms with van der Waals surface area (Å²) in [5.41, 5.74) is 0. The van der Waals surface area contributed by atoms with Gasteiger partial charge in [0.1, 0.15) is 0 Å². The Labute approximate surface area is 77.7 Å². The van der Waals surface area contributed by atoms with E-state index in [1.165, 1.54) is 25.7 Å². The van der Waals surface area contributed by atoms with Crippen LogP contribution in [0.1, 0.15) is 25.7 Å². The molecule has 2 aliphatic rings. The molecule has 2 rings (SSSR count). The zero-order chi connectivity index (χ0) is 8.55. The second kappa shape index (κ2) is 3.29. The number of hydrogen-bond acceptors (Lipinski definition) is 2. The molecule has 2 nitrogen and oxygen atoms in total. The summed E-state index contributed by atoms with van der Waals surface area (Å²) < 4.78 is 0. The van der Waals surface area contributed by atoms with Crippen LogP contribution in [0.5, 0.6) is 0 Å². The lowest BCUT2D eigenvalue weighted by atomic mass is 9.93. The van der Waals surface area contributed by atoms with Crippen LogP contribution in [0.2, 0.25) is 0 Å². The quantitative estimate of drug-likeness (QED) is 0.570. The van der Waals surface area contributed by atoms with E-state index in [1.54, 1.807) is 0 Å². The van der Waals surface area contributed by atoms with Crippen molar-refractivity contribution in [2.24, 2.45) is 0 Å². The third-order valence-corrected chi connectivity index (χ3v) is 4.37. The molecule has 68 valence electrons. The van der Waals surface area contributed by atoms with Crippen molar-refractivity contribution in [2.45, 2.75) is 37.0 Å². The average molecular weight is 185 g/mol. The molecule has 3 heteroatoms. The summed E-state index contributed by atoms with van der Waals surface area (Å²) in [6.45, 7) is 0. The second-order valence-electron chi connectivity index (χ2n) is 3.71.